The first-order valence-electron chi connectivity index (χ1n) is 12.9. The zero-order valence-electron chi connectivity index (χ0n) is 21.0. The number of urea groups is 1. The summed E-state index contributed by atoms with van der Waals surface area (Å²) in [4.78, 5) is 20.6. The number of ether oxygens (including phenoxy) is 1. The van der Waals surface area contributed by atoms with Crippen LogP contribution in [0, 0.1) is 5.92 Å². The predicted octanol–water partition coefficient (Wildman–Crippen LogP) is 5.65. The average Bonchev–Trinajstić information content (AvgIpc) is 3.09. The smallest absolute Gasteiger partial charge is 0.325 e. The van der Waals surface area contributed by atoms with Crippen LogP contribution in [0.25, 0.3) is 0 Å². The molecular weight excluding hydrogens is 422 g/mol. The summed E-state index contributed by atoms with van der Waals surface area (Å²) in [6, 6.07) is 19.5. The van der Waals surface area contributed by atoms with Gasteiger partial charge in [0.05, 0.1) is 18.7 Å². The molecular formula is C29H39N3O2. The van der Waals surface area contributed by atoms with Crippen molar-refractivity contribution in [3.05, 3.63) is 65.7 Å². The van der Waals surface area contributed by atoms with Crippen LogP contribution in [-0.2, 0) is 16.9 Å². The number of carbonyl (C=O) groups is 1. The Labute approximate surface area is 204 Å². The van der Waals surface area contributed by atoms with E-state index in [0.29, 0.717) is 12.5 Å². The summed E-state index contributed by atoms with van der Waals surface area (Å²) in [5.74, 6) is 0.666. The van der Waals surface area contributed by atoms with Crippen molar-refractivity contribution in [1.29, 1.82) is 0 Å². The molecule has 34 heavy (non-hydrogen) atoms. The van der Waals surface area contributed by atoms with Gasteiger partial charge >= 0.3 is 6.03 Å². The number of anilines is 1. The van der Waals surface area contributed by atoms with Gasteiger partial charge in [-0.1, -0.05) is 48.9 Å². The minimum absolute atomic E-state index is 0.0346. The fourth-order valence-corrected chi connectivity index (χ4v) is 6.44. The molecule has 1 spiro atoms. The first-order valence-corrected chi connectivity index (χ1v) is 12.9. The Bertz CT molecular complexity index is 976. The van der Waals surface area contributed by atoms with Crippen LogP contribution in [0.3, 0.4) is 0 Å². The van der Waals surface area contributed by atoms with Gasteiger partial charge in [-0.15, -0.1) is 0 Å². The molecule has 1 saturated heterocycles. The Balaban J connectivity index is 1.42. The molecule has 0 atom stereocenters. The largest absolute Gasteiger partial charge is 0.380 e. The number of methoxy groups -OCH3 is 1. The molecule has 2 aromatic rings. The van der Waals surface area contributed by atoms with E-state index in [1.807, 2.05) is 4.90 Å². The molecule has 1 aliphatic heterocycles. The van der Waals surface area contributed by atoms with Crippen LogP contribution in [0.15, 0.2) is 54.6 Å². The van der Waals surface area contributed by atoms with Crippen molar-refractivity contribution in [1.82, 2.24) is 9.80 Å². The molecule has 0 bridgehead atoms. The van der Waals surface area contributed by atoms with Crippen LogP contribution in [0.1, 0.15) is 56.1 Å². The van der Waals surface area contributed by atoms with Crippen molar-refractivity contribution in [2.45, 2.75) is 62.6 Å². The maximum Gasteiger partial charge on any atom is 0.325 e. The fourth-order valence-electron chi connectivity index (χ4n) is 6.44. The quantitative estimate of drug-likeness (QED) is 0.535. The van der Waals surface area contributed by atoms with E-state index in [0.717, 1.165) is 50.0 Å². The van der Waals surface area contributed by atoms with Gasteiger partial charge in [-0.3, -0.25) is 9.80 Å². The third-order valence-corrected chi connectivity index (χ3v) is 8.89. The number of rotatable bonds is 7. The number of amides is 2. The van der Waals surface area contributed by atoms with E-state index >= 15 is 0 Å². The number of nitrogens with zero attached hydrogens (tertiary/aromatic N) is 3. The van der Waals surface area contributed by atoms with E-state index in [4.69, 9.17) is 4.74 Å². The monoisotopic (exact) mass is 461 g/mol. The molecule has 0 aromatic heterocycles. The van der Waals surface area contributed by atoms with Gasteiger partial charge in [-0.05, 0) is 81.8 Å². The van der Waals surface area contributed by atoms with Crippen molar-refractivity contribution in [3.63, 3.8) is 0 Å². The molecule has 3 aliphatic rings. The van der Waals surface area contributed by atoms with Gasteiger partial charge in [-0.2, -0.15) is 0 Å². The molecule has 1 heterocycles. The maximum atomic E-state index is 13.8. The summed E-state index contributed by atoms with van der Waals surface area (Å²) in [7, 11) is 6.14. The lowest BCUT2D eigenvalue weighted by Gasteiger charge is -2.51. The second-order valence-electron chi connectivity index (χ2n) is 10.9. The molecule has 182 valence electrons. The van der Waals surface area contributed by atoms with E-state index in [1.54, 1.807) is 7.11 Å². The van der Waals surface area contributed by atoms with E-state index in [9.17, 15) is 4.79 Å². The number of hydrogen-bond donors (Lipinski definition) is 0. The standard InChI is InChI=1S/C29H39N3O2/c1-30(2)29(25-10-5-4-6-11-25)18-16-28(17-19-29)22-31(26-14-12-24(13-15-26)21-34-3)27(33)32(28)20-23-8-7-9-23/h4-6,10-15,23H,7-9,16-22H2,1-3H3/t28-,29+. The van der Waals surface area contributed by atoms with Gasteiger partial charge in [-0.25, -0.2) is 4.79 Å². The van der Waals surface area contributed by atoms with Crippen molar-refractivity contribution >= 4 is 11.7 Å². The Morgan fingerprint density at radius 2 is 1.65 bits per heavy atom. The van der Waals surface area contributed by atoms with Gasteiger partial charge in [0.15, 0.2) is 0 Å². The van der Waals surface area contributed by atoms with Crippen LogP contribution in [0.4, 0.5) is 10.5 Å². The Kier molecular flexibility index (Phi) is 6.43. The lowest BCUT2D eigenvalue weighted by molar-refractivity contribution is 0.0172. The van der Waals surface area contributed by atoms with Gasteiger partial charge in [0.2, 0.25) is 0 Å². The highest BCUT2D eigenvalue weighted by atomic mass is 16.5. The van der Waals surface area contributed by atoms with Gasteiger partial charge < -0.3 is 9.64 Å². The zero-order chi connectivity index (χ0) is 23.8. The maximum absolute atomic E-state index is 13.8. The van der Waals surface area contributed by atoms with Crippen molar-refractivity contribution in [3.8, 4) is 0 Å². The summed E-state index contributed by atoms with van der Waals surface area (Å²) in [6.07, 6.45) is 8.04. The Morgan fingerprint density at radius 1 is 0.971 bits per heavy atom. The molecule has 0 unspecified atom stereocenters. The average molecular weight is 462 g/mol. The molecule has 0 radical (unpaired) electrons. The lowest BCUT2D eigenvalue weighted by atomic mass is 9.68. The first kappa shape index (κ1) is 23.4. The second-order valence-corrected chi connectivity index (χ2v) is 10.9. The van der Waals surface area contributed by atoms with Crippen LogP contribution in [-0.4, -0.2) is 55.7 Å². The van der Waals surface area contributed by atoms with Crippen molar-refractivity contribution < 1.29 is 9.53 Å². The summed E-state index contributed by atoms with van der Waals surface area (Å²) in [5.41, 5.74) is 3.50. The summed E-state index contributed by atoms with van der Waals surface area (Å²) < 4.78 is 5.27. The molecule has 2 aliphatic carbocycles. The predicted molar refractivity (Wildman–Crippen MR) is 137 cm³/mol. The topological polar surface area (TPSA) is 36.0 Å². The lowest BCUT2D eigenvalue weighted by Crippen LogP contribution is -2.56. The van der Waals surface area contributed by atoms with Gasteiger partial charge in [0.25, 0.3) is 0 Å². The Morgan fingerprint density at radius 3 is 2.21 bits per heavy atom. The zero-order valence-corrected chi connectivity index (χ0v) is 21.0. The summed E-state index contributed by atoms with van der Waals surface area (Å²) >= 11 is 0. The van der Waals surface area contributed by atoms with E-state index in [1.165, 1.54) is 24.8 Å². The van der Waals surface area contributed by atoms with Crippen LogP contribution in [0.5, 0.6) is 0 Å². The molecule has 5 rings (SSSR count). The van der Waals surface area contributed by atoms with E-state index < -0.39 is 0 Å². The van der Waals surface area contributed by atoms with E-state index in [-0.39, 0.29) is 17.1 Å². The molecule has 5 heteroatoms. The fraction of sp³-hybridized carbons (Fsp3) is 0.552. The van der Waals surface area contributed by atoms with Crippen LogP contribution in [0.2, 0.25) is 0 Å². The molecule has 3 fully saturated rings. The molecule has 2 aromatic carbocycles. The molecule has 2 amide bonds. The number of benzene rings is 2. The number of hydrogen-bond acceptors (Lipinski definition) is 3. The van der Waals surface area contributed by atoms with E-state index in [2.05, 4.69) is 78.5 Å². The normalized spacial score (nSPS) is 27.6. The number of carbonyl (C=O) groups excluding carboxylic acids is 1. The highest BCUT2D eigenvalue weighted by molar-refractivity contribution is 5.95. The third-order valence-electron chi connectivity index (χ3n) is 8.89. The third kappa shape index (κ3) is 4.03. The summed E-state index contributed by atoms with van der Waals surface area (Å²) in [5, 5.41) is 0. The highest BCUT2D eigenvalue weighted by Gasteiger charge is 2.55. The van der Waals surface area contributed by atoms with Crippen LogP contribution >= 0.6 is 0 Å². The van der Waals surface area contributed by atoms with Crippen molar-refractivity contribution in [2.75, 3.05) is 39.2 Å². The SMILES string of the molecule is COCc1ccc(N2C[C@]3(CC[C@](c4ccccc4)(N(C)C)CC3)N(CC3CCC3)C2=O)cc1. The molecule has 5 nitrogen and oxygen atoms in total. The minimum Gasteiger partial charge on any atom is -0.380 e. The van der Waals surface area contributed by atoms with Gasteiger partial charge in [0, 0.05) is 24.9 Å². The molecule has 0 N–H and O–H groups in total. The summed E-state index contributed by atoms with van der Waals surface area (Å²) in [6.45, 7) is 2.30. The highest BCUT2D eigenvalue weighted by Crippen LogP contribution is 2.50. The Hall–Kier alpha value is -2.37. The van der Waals surface area contributed by atoms with Crippen LogP contribution < -0.4 is 4.90 Å². The second kappa shape index (κ2) is 9.35. The minimum atomic E-state index is -0.0772. The first-order chi connectivity index (χ1) is 16.5. The molecule has 2 saturated carbocycles. The van der Waals surface area contributed by atoms with Gasteiger partial charge in [0.1, 0.15) is 0 Å². The van der Waals surface area contributed by atoms with Crippen molar-refractivity contribution in [2.24, 2.45) is 5.92 Å².